The molecule has 0 aromatic heterocycles. The van der Waals surface area contributed by atoms with Crippen LogP contribution in [0.5, 0.6) is 0 Å². The maximum atomic E-state index is 11.8. The third kappa shape index (κ3) is 7.51. The van der Waals surface area contributed by atoms with Gasteiger partial charge >= 0.3 is 0 Å². The van der Waals surface area contributed by atoms with Crippen LogP contribution in [0.25, 0.3) is 0 Å². The summed E-state index contributed by atoms with van der Waals surface area (Å²) in [6.07, 6.45) is 4.02. The molecule has 1 saturated heterocycles. The quantitative estimate of drug-likeness (QED) is 0.465. The molecule has 0 spiro atoms. The fourth-order valence-electron chi connectivity index (χ4n) is 2.55. The number of rotatable bonds is 7. The third-order valence-electron chi connectivity index (χ3n) is 3.99. The van der Waals surface area contributed by atoms with Gasteiger partial charge in [0.2, 0.25) is 5.91 Å². The SMILES string of the molecule is CCCCc1ccc(NC(=S)NNC(=O)CS[C@@H]2CCS(=O)(=O)C2)cc1. The van der Waals surface area contributed by atoms with Crippen LogP contribution in [0.15, 0.2) is 24.3 Å². The van der Waals surface area contributed by atoms with Gasteiger partial charge in [-0.3, -0.25) is 15.6 Å². The average Bonchev–Trinajstić information content (AvgIpc) is 2.96. The first-order valence-electron chi connectivity index (χ1n) is 8.65. The number of aryl methyl sites for hydroxylation is 1. The van der Waals surface area contributed by atoms with Gasteiger partial charge in [-0.05, 0) is 49.2 Å². The number of anilines is 1. The highest BCUT2D eigenvalue weighted by molar-refractivity contribution is 8.02. The summed E-state index contributed by atoms with van der Waals surface area (Å²) in [5.74, 6) is 0.336. The lowest BCUT2D eigenvalue weighted by Crippen LogP contribution is -2.44. The molecular formula is C17H25N3O3S3. The third-order valence-corrected chi connectivity index (χ3v) is 7.47. The molecule has 1 aromatic carbocycles. The molecule has 0 unspecified atom stereocenters. The number of sulfone groups is 1. The lowest BCUT2D eigenvalue weighted by Gasteiger charge is -2.13. The van der Waals surface area contributed by atoms with E-state index in [2.05, 4.69) is 35.2 Å². The Bertz CT molecular complexity index is 721. The number of carbonyl (C=O) groups excluding carboxylic acids is 1. The van der Waals surface area contributed by atoms with Gasteiger partial charge in [0.05, 0.1) is 17.3 Å². The Morgan fingerprint density at radius 2 is 2.00 bits per heavy atom. The van der Waals surface area contributed by atoms with E-state index >= 15 is 0 Å². The van der Waals surface area contributed by atoms with E-state index in [0.29, 0.717) is 11.5 Å². The summed E-state index contributed by atoms with van der Waals surface area (Å²) >= 11 is 6.52. The molecule has 0 saturated carbocycles. The van der Waals surface area contributed by atoms with Gasteiger partial charge < -0.3 is 5.32 Å². The van der Waals surface area contributed by atoms with Crippen LogP contribution in [0.2, 0.25) is 0 Å². The number of amides is 1. The Kier molecular flexibility index (Phi) is 8.17. The standard InChI is InChI=1S/C17H25N3O3S3/c1-2-3-4-13-5-7-14(8-6-13)18-17(24)20-19-16(21)11-25-15-9-10-26(22,23)12-15/h5-8,15H,2-4,9-12H2,1H3,(H,19,21)(H2,18,20,24)/t15-/m1/s1. The summed E-state index contributed by atoms with van der Waals surface area (Å²) in [5, 5.41) is 3.31. The molecule has 1 aliphatic heterocycles. The van der Waals surface area contributed by atoms with Crippen LogP contribution in [0, 0.1) is 0 Å². The predicted molar refractivity (Wildman–Crippen MR) is 112 cm³/mol. The van der Waals surface area contributed by atoms with Crippen molar-refractivity contribution in [1.82, 2.24) is 10.9 Å². The highest BCUT2D eigenvalue weighted by Gasteiger charge is 2.28. The number of benzene rings is 1. The lowest BCUT2D eigenvalue weighted by atomic mass is 10.1. The molecular weight excluding hydrogens is 390 g/mol. The molecule has 0 bridgehead atoms. The molecule has 144 valence electrons. The minimum atomic E-state index is -2.91. The van der Waals surface area contributed by atoms with Crippen molar-refractivity contribution in [2.24, 2.45) is 0 Å². The fourth-order valence-corrected chi connectivity index (χ4v) is 6.16. The van der Waals surface area contributed by atoms with Crippen molar-refractivity contribution in [3.8, 4) is 0 Å². The normalized spacial score (nSPS) is 18.3. The van der Waals surface area contributed by atoms with E-state index in [4.69, 9.17) is 12.2 Å². The smallest absolute Gasteiger partial charge is 0.248 e. The van der Waals surface area contributed by atoms with E-state index < -0.39 is 9.84 Å². The summed E-state index contributed by atoms with van der Waals surface area (Å²) in [6, 6.07) is 8.03. The van der Waals surface area contributed by atoms with Gasteiger partial charge in [0.15, 0.2) is 14.9 Å². The molecule has 1 aromatic rings. The van der Waals surface area contributed by atoms with Gasteiger partial charge in [-0.25, -0.2) is 8.42 Å². The van der Waals surface area contributed by atoms with E-state index in [9.17, 15) is 13.2 Å². The predicted octanol–water partition coefficient (Wildman–Crippen LogP) is 2.27. The van der Waals surface area contributed by atoms with Crippen molar-refractivity contribution < 1.29 is 13.2 Å². The Hall–Kier alpha value is -1.32. The molecule has 3 N–H and O–H groups in total. The summed E-state index contributed by atoms with van der Waals surface area (Å²) < 4.78 is 22.8. The van der Waals surface area contributed by atoms with Crippen molar-refractivity contribution >= 4 is 50.5 Å². The fraction of sp³-hybridized carbons (Fsp3) is 0.529. The molecule has 0 aliphatic carbocycles. The van der Waals surface area contributed by atoms with Gasteiger partial charge in [0.25, 0.3) is 0 Å². The minimum absolute atomic E-state index is 0.00190. The largest absolute Gasteiger partial charge is 0.331 e. The van der Waals surface area contributed by atoms with E-state index in [1.54, 1.807) is 0 Å². The summed E-state index contributed by atoms with van der Waals surface area (Å²) in [4.78, 5) is 11.8. The first-order valence-corrected chi connectivity index (χ1v) is 11.9. The van der Waals surface area contributed by atoms with Crippen LogP contribution in [0.3, 0.4) is 0 Å². The number of unbranched alkanes of at least 4 members (excludes halogenated alkanes) is 1. The van der Waals surface area contributed by atoms with Gasteiger partial charge in [-0.2, -0.15) is 0 Å². The van der Waals surface area contributed by atoms with Crippen LogP contribution in [0.4, 0.5) is 5.69 Å². The van der Waals surface area contributed by atoms with Crippen LogP contribution >= 0.6 is 24.0 Å². The van der Waals surface area contributed by atoms with E-state index in [0.717, 1.165) is 12.1 Å². The maximum absolute atomic E-state index is 11.8. The van der Waals surface area contributed by atoms with Crippen molar-refractivity contribution in [2.75, 3.05) is 22.6 Å². The van der Waals surface area contributed by atoms with E-state index in [1.807, 2.05) is 12.1 Å². The number of thiocarbonyl (C=S) groups is 1. The summed E-state index contributed by atoms with van der Waals surface area (Å²) in [7, 11) is -2.91. The Morgan fingerprint density at radius 3 is 2.62 bits per heavy atom. The molecule has 1 amide bonds. The first-order chi connectivity index (χ1) is 12.4. The number of thioether (sulfide) groups is 1. The molecule has 6 nitrogen and oxygen atoms in total. The second-order valence-electron chi connectivity index (χ2n) is 6.26. The minimum Gasteiger partial charge on any atom is -0.331 e. The van der Waals surface area contributed by atoms with Crippen molar-refractivity contribution in [1.29, 1.82) is 0 Å². The van der Waals surface area contributed by atoms with Crippen molar-refractivity contribution in [3.63, 3.8) is 0 Å². The Balaban J connectivity index is 1.65. The number of hydrogen-bond acceptors (Lipinski definition) is 5. The van der Waals surface area contributed by atoms with Crippen LogP contribution in [-0.4, -0.2) is 41.9 Å². The van der Waals surface area contributed by atoms with E-state index in [-0.39, 0.29) is 28.4 Å². The van der Waals surface area contributed by atoms with Crippen molar-refractivity contribution in [2.45, 2.75) is 37.9 Å². The number of hydrazine groups is 1. The molecule has 0 radical (unpaired) electrons. The second kappa shape index (κ2) is 10.1. The molecule has 2 rings (SSSR count). The van der Waals surface area contributed by atoms with Crippen LogP contribution in [0.1, 0.15) is 31.7 Å². The zero-order chi connectivity index (χ0) is 19.0. The zero-order valence-electron chi connectivity index (χ0n) is 14.8. The second-order valence-corrected chi connectivity index (χ2v) is 10.2. The van der Waals surface area contributed by atoms with Gasteiger partial charge in [0, 0.05) is 10.9 Å². The van der Waals surface area contributed by atoms with Gasteiger partial charge in [-0.15, -0.1) is 11.8 Å². The molecule has 26 heavy (non-hydrogen) atoms. The number of nitrogens with one attached hydrogen (secondary N) is 3. The molecule has 1 fully saturated rings. The monoisotopic (exact) mass is 415 g/mol. The zero-order valence-corrected chi connectivity index (χ0v) is 17.2. The topological polar surface area (TPSA) is 87.3 Å². The van der Waals surface area contributed by atoms with Crippen LogP contribution in [-0.2, 0) is 21.1 Å². The Labute approximate surface area is 164 Å². The molecule has 9 heteroatoms. The van der Waals surface area contributed by atoms with Crippen LogP contribution < -0.4 is 16.2 Å². The average molecular weight is 416 g/mol. The van der Waals surface area contributed by atoms with Crippen molar-refractivity contribution in [3.05, 3.63) is 29.8 Å². The Morgan fingerprint density at radius 1 is 1.27 bits per heavy atom. The molecule has 1 heterocycles. The highest BCUT2D eigenvalue weighted by atomic mass is 32.2. The molecule has 1 atom stereocenters. The maximum Gasteiger partial charge on any atom is 0.248 e. The van der Waals surface area contributed by atoms with Gasteiger partial charge in [0.1, 0.15) is 0 Å². The summed E-state index contributed by atoms with van der Waals surface area (Å²) in [6.45, 7) is 2.17. The van der Waals surface area contributed by atoms with Gasteiger partial charge in [-0.1, -0.05) is 25.5 Å². The van der Waals surface area contributed by atoms with E-state index in [1.165, 1.54) is 30.2 Å². The molecule has 1 aliphatic rings. The first kappa shape index (κ1) is 21.0. The highest BCUT2D eigenvalue weighted by Crippen LogP contribution is 2.23. The summed E-state index contributed by atoms with van der Waals surface area (Å²) in [5.41, 5.74) is 7.32. The number of carbonyl (C=O) groups is 1. The number of hydrogen-bond donors (Lipinski definition) is 3. The lowest BCUT2D eigenvalue weighted by molar-refractivity contribution is -0.119.